The first-order valence-electron chi connectivity index (χ1n) is 8.54. The molecule has 2 N–H and O–H groups in total. The van der Waals surface area contributed by atoms with E-state index in [2.05, 4.69) is 10.3 Å². The number of pyridine rings is 1. The lowest BCUT2D eigenvalue weighted by Gasteiger charge is -2.38. The minimum absolute atomic E-state index is 0.106. The molecule has 25 heavy (non-hydrogen) atoms. The van der Waals surface area contributed by atoms with Gasteiger partial charge in [-0.25, -0.2) is 4.98 Å². The molecule has 0 unspecified atom stereocenters. The van der Waals surface area contributed by atoms with E-state index in [1.807, 2.05) is 38.1 Å². The molecule has 132 valence electrons. The predicted molar refractivity (Wildman–Crippen MR) is 95.6 cm³/mol. The number of amides is 1. The molecule has 1 aromatic carbocycles. The van der Waals surface area contributed by atoms with E-state index in [4.69, 9.17) is 4.74 Å². The summed E-state index contributed by atoms with van der Waals surface area (Å²) in [6.07, 6.45) is 2.82. The number of benzene rings is 1. The number of methoxy groups -OCH3 is 1. The lowest BCUT2D eigenvalue weighted by molar-refractivity contribution is 0.0234. The summed E-state index contributed by atoms with van der Waals surface area (Å²) in [5, 5.41) is 12.8. The van der Waals surface area contributed by atoms with Gasteiger partial charge in [0.15, 0.2) is 0 Å². The Hall–Kier alpha value is -2.40. The van der Waals surface area contributed by atoms with Gasteiger partial charge in [-0.3, -0.25) is 4.79 Å². The summed E-state index contributed by atoms with van der Waals surface area (Å²) in [6, 6.07) is 9.25. The fourth-order valence-corrected chi connectivity index (χ4v) is 3.18. The number of aryl methyl sites for hydroxylation is 2. The van der Waals surface area contributed by atoms with E-state index in [1.165, 1.54) is 0 Å². The molecule has 2 aromatic rings. The van der Waals surface area contributed by atoms with Gasteiger partial charge in [-0.15, -0.1) is 0 Å². The van der Waals surface area contributed by atoms with E-state index in [0.717, 1.165) is 16.7 Å². The van der Waals surface area contributed by atoms with E-state index in [9.17, 15) is 9.90 Å². The molecule has 1 fully saturated rings. The van der Waals surface area contributed by atoms with Crippen molar-refractivity contribution in [3.8, 4) is 5.88 Å². The number of nitrogens with zero attached hydrogens (tertiary/aromatic N) is 1. The van der Waals surface area contributed by atoms with Crippen molar-refractivity contribution in [3.63, 3.8) is 0 Å². The van der Waals surface area contributed by atoms with Gasteiger partial charge < -0.3 is 15.2 Å². The maximum Gasteiger partial charge on any atom is 0.251 e. The smallest absolute Gasteiger partial charge is 0.251 e. The lowest BCUT2D eigenvalue weighted by Crippen LogP contribution is -2.41. The second-order valence-electron chi connectivity index (χ2n) is 6.77. The first kappa shape index (κ1) is 17.4. The molecular weight excluding hydrogens is 316 g/mol. The number of ether oxygens (including phenoxy) is 1. The molecule has 1 saturated carbocycles. The number of nitrogens with one attached hydrogen (secondary N) is 1. The summed E-state index contributed by atoms with van der Waals surface area (Å²) in [5.41, 5.74) is 3.83. The highest BCUT2D eigenvalue weighted by Crippen LogP contribution is 2.38. The number of rotatable bonds is 5. The first-order chi connectivity index (χ1) is 12.0. The van der Waals surface area contributed by atoms with Crippen LogP contribution < -0.4 is 10.1 Å². The zero-order valence-corrected chi connectivity index (χ0v) is 14.8. The van der Waals surface area contributed by atoms with Crippen molar-refractivity contribution in [1.82, 2.24) is 10.3 Å². The molecule has 0 saturated heterocycles. The highest BCUT2D eigenvalue weighted by atomic mass is 16.5. The standard InChI is InChI=1S/C20H24N2O3/c1-12-4-5-14(8-13(12)2)20(24)22-19(16-9-17(23)10-16)15-6-7-18(25-3)21-11-15/h4-8,11,16-17,19,23H,9-10H2,1-3H3,(H,22,24)/t16?,17?,19-/m0/s1. The molecule has 3 rings (SSSR count). The largest absolute Gasteiger partial charge is 0.481 e. The van der Waals surface area contributed by atoms with E-state index >= 15 is 0 Å². The van der Waals surface area contributed by atoms with Crippen molar-refractivity contribution in [2.45, 2.75) is 38.8 Å². The van der Waals surface area contributed by atoms with Gasteiger partial charge in [0, 0.05) is 17.8 Å². The number of aromatic nitrogens is 1. The van der Waals surface area contributed by atoms with Crippen LogP contribution in [0.2, 0.25) is 0 Å². The Bertz CT molecular complexity index is 752. The van der Waals surface area contributed by atoms with Crippen LogP contribution in [0.15, 0.2) is 36.5 Å². The fraction of sp³-hybridized carbons (Fsp3) is 0.400. The number of aliphatic hydroxyl groups is 1. The second-order valence-corrected chi connectivity index (χ2v) is 6.77. The quantitative estimate of drug-likeness (QED) is 0.878. The molecular formula is C20H24N2O3. The number of carbonyl (C=O) groups is 1. The third kappa shape index (κ3) is 3.82. The summed E-state index contributed by atoms with van der Waals surface area (Å²) in [7, 11) is 1.57. The normalized spacial score (nSPS) is 20.5. The van der Waals surface area contributed by atoms with Crippen LogP contribution in [0.25, 0.3) is 0 Å². The number of carbonyl (C=O) groups excluding carboxylic acids is 1. The number of hydrogen-bond donors (Lipinski definition) is 2. The second kappa shape index (κ2) is 7.23. The fourth-order valence-electron chi connectivity index (χ4n) is 3.18. The molecule has 5 nitrogen and oxygen atoms in total. The zero-order chi connectivity index (χ0) is 18.0. The summed E-state index contributed by atoms with van der Waals surface area (Å²) in [5.74, 6) is 0.641. The van der Waals surface area contributed by atoms with Crippen molar-refractivity contribution in [2.75, 3.05) is 7.11 Å². The minimum Gasteiger partial charge on any atom is -0.481 e. The van der Waals surface area contributed by atoms with Gasteiger partial charge in [-0.1, -0.05) is 12.1 Å². The number of hydrogen-bond acceptors (Lipinski definition) is 4. The molecule has 0 radical (unpaired) electrons. The third-order valence-corrected chi connectivity index (χ3v) is 5.00. The Morgan fingerprint density at radius 3 is 2.56 bits per heavy atom. The van der Waals surface area contributed by atoms with Crippen LogP contribution in [0.3, 0.4) is 0 Å². The highest BCUT2D eigenvalue weighted by Gasteiger charge is 2.36. The predicted octanol–water partition coefficient (Wildman–Crippen LogP) is 2.95. The van der Waals surface area contributed by atoms with Gasteiger partial charge in [0.1, 0.15) is 0 Å². The monoisotopic (exact) mass is 340 g/mol. The van der Waals surface area contributed by atoms with Crippen LogP contribution in [-0.2, 0) is 0 Å². The van der Waals surface area contributed by atoms with Crippen molar-refractivity contribution in [2.24, 2.45) is 5.92 Å². The summed E-state index contributed by atoms with van der Waals surface area (Å²) in [6.45, 7) is 4.03. The Morgan fingerprint density at radius 2 is 2.00 bits per heavy atom. The maximum atomic E-state index is 12.7. The first-order valence-corrected chi connectivity index (χ1v) is 8.54. The molecule has 0 aliphatic heterocycles. The number of aliphatic hydroxyl groups excluding tert-OH is 1. The molecule has 1 amide bonds. The van der Waals surface area contributed by atoms with Crippen LogP contribution in [0.4, 0.5) is 0 Å². The summed E-state index contributed by atoms with van der Waals surface area (Å²) in [4.78, 5) is 17.0. The van der Waals surface area contributed by atoms with Crippen LogP contribution in [0.1, 0.15) is 45.9 Å². The van der Waals surface area contributed by atoms with E-state index in [0.29, 0.717) is 24.3 Å². The van der Waals surface area contributed by atoms with Crippen molar-refractivity contribution < 1.29 is 14.6 Å². The van der Waals surface area contributed by atoms with Gasteiger partial charge in [0.05, 0.1) is 19.3 Å². The van der Waals surface area contributed by atoms with Crippen LogP contribution >= 0.6 is 0 Å². The molecule has 1 heterocycles. The van der Waals surface area contributed by atoms with Crippen molar-refractivity contribution in [1.29, 1.82) is 0 Å². The van der Waals surface area contributed by atoms with Crippen LogP contribution in [-0.4, -0.2) is 29.2 Å². The Labute approximate surface area is 148 Å². The van der Waals surface area contributed by atoms with Crippen LogP contribution in [0.5, 0.6) is 5.88 Å². The molecule has 1 atom stereocenters. The lowest BCUT2D eigenvalue weighted by atomic mass is 9.75. The van der Waals surface area contributed by atoms with E-state index < -0.39 is 0 Å². The van der Waals surface area contributed by atoms with Gasteiger partial charge in [0.25, 0.3) is 5.91 Å². The molecule has 0 bridgehead atoms. The summed E-state index contributed by atoms with van der Waals surface area (Å²) < 4.78 is 5.10. The van der Waals surface area contributed by atoms with Crippen LogP contribution in [0, 0.1) is 19.8 Å². The molecule has 1 aromatic heterocycles. The van der Waals surface area contributed by atoms with Gasteiger partial charge in [-0.2, -0.15) is 0 Å². The molecule has 1 aliphatic carbocycles. The SMILES string of the molecule is COc1ccc([C@H](NC(=O)c2ccc(C)c(C)c2)C2CC(O)C2)cn1. The van der Waals surface area contributed by atoms with Gasteiger partial charge >= 0.3 is 0 Å². The van der Waals surface area contributed by atoms with E-state index in [1.54, 1.807) is 19.4 Å². The maximum absolute atomic E-state index is 12.7. The molecule has 1 aliphatic rings. The topological polar surface area (TPSA) is 71.5 Å². The molecule has 5 heteroatoms. The summed E-state index contributed by atoms with van der Waals surface area (Å²) >= 11 is 0. The zero-order valence-electron chi connectivity index (χ0n) is 14.8. The Balaban J connectivity index is 1.81. The Morgan fingerprint density at radius 1 is 1.24 bits per heavy atom. The van der Waals surface area contributed by atoms with Gasteiger partial charge in [-0.05, 0) is 61.4 Å². The van der Waals surface area contributed by atoms with Gasteiger partial charge in [0.2, 0.25) is 5.88 Å². The average Bonchev–Trinajstić information content (AvgIpc) is 2.59. The van der Waals surface area contributed by atoms with Crippen molar-refractivity contribution in [3.05, 3.63) is 58.8 Å². The molecule has 0 spiro atoms. The minimum atomic E-state index is -0.280. The Kier molecular flexibility index (Phi) is 5.04. The van der Waals surface area contributed by atoms with Crippen molar-refractivity contribution >= 4 is 5.91 Å². The highest BCUT2D eigenvalue weighted by molar-refractivity contribution is 5.94. The van der Waals surface area contributed by atoms with E-state index in [-0.39, 0.29) is 24.0 Å². The third-order valence-electron chi connectivity index (χ3n) is 5.00. The average molecular weight is 340 g/mol.